The SMILES string of the molecule is O=C(NC(=S)Nc1ccc2c(c1)OCCO2)C(c1ccccc1)c1ccccc1. The molecule has 5 nitrogen and oxygen atoms in total. The maximum absolute atomic E-state index is 13.1. The number of fused-ring (bicyclic) bond motifs is 1. The van der Waals surface area contributed by atoms with Crippen molar-refractivity contribution in [2.45, 2.75) is 5.92 Å². The fourth-order valence-electron chi connectivity index (χ4n) is 3.25. The number of rotatable bonds is 4. The van der Waals surface area contributed by atoms with E-state index < -0.39 is 5.92 Å². The fraction of sp³-hybridized carbons (Fsp3) is 0.130. The minimum Gasteiger partial charge on any atom is -0.486 e. The predicted octanol–water partition coefficient (Wildman–Crippen LogP) is 4.10. The van der Waals surface area contributed by atoms with Gasteiger partial charge in [-0.05, 0) is 35.5 Å². The number of thiocarbonyl (C=S) groups is 1. The molecule has 0 aromatic heterocycles. The van der Waals surface area contributed by atoms with E-state index in [4.69, 9.17) is 21.7 Å². The largest absolute Gasteiger partial charge is 0.486 e. The summed E-state index contributed by atoms with van der Waals surface area (Å²) in [7, 11) is 0. The number of benzene rings is 3. The summed E-state index contributed by atoms with van der Waals surface area (Å²) in [5, 5.41) is 6.09. The van der Waals surface area contributed by atoms with E-state index >= 15 is 0 Å². The zero-order valence-electron chi connectivity index (χ0n) is 15.6. The second-order valence-corrected chi connectivity index (χ2v) is 6.96. The van der Waals surface area contributed by atoms with Crippen LogP contribution in [0.15, 0.2) is 78.9 Å². The molecule has 0 bridgehead atoms. The molecule has 1 heterocycles. The van der Waals surface area contributed by atoms with Gasteiger partial charge in [-0.2, -0.15) is 0 Å². The lowest BCUT2D eigenvalue weighted by Crippen LogP contribution is -2.37. The molecular formula is C23H20N2O3S. The lowest BCUT2D eigenvalue weighted by molar-refractivity contribution is -0.120. The topological polar surface area (TPSA) is 59.6 Å². The third-order valence-electron chi connectivity index (χ3n) is 4.56. The van der Waals surface area contributed by atoms with Crippen molar-refractivity contribution < 1.29 is 14.3 Å². The molecule has 0 radical (unpaired) electrons. The van der Waals surface area contributed by atoms with Crippen molar-refractivity contribution in [2.75, 3.05) is 18.5 Å². The molecule has 0 spiro atoms. The van der Waals surface area contributed by atoms with Gasteiger partial charge in [0, 0.05) is 11.8 Å². The molecule has 3 aromatic carbocycles. The van der Waals surface area contributed by atoms with Crippen molar-refractivity contribution >= 4 is 28.9 Å². The number of amides is 1. The lowest BCUT2D eigenvalue weighted by Gasteiger charge is -2.20. The van der Waals surface area contributed by atoms with E-state index in [-0.39, 0.29) is 11.0 Å². The highest BCUT2D eigenvalue weighted by Gasteiger charge is 2.23. The van der Waals surface area contributed by atoms with Crippen molar-refractivity contribution in [3.05, 3.63) is 90.0 Å². The molecule has 3 aromatic rings. The predicted molar refractivity (Wildman–Crippen MR) is 117 cm³/mol. The minimum absolute atomic E-state index is 0.197. The quantitative estimate of drug-likeness (QED) is 0.641. The van der Waals surface area contributed by atoms with Gasteiger partial charge >= 0.3 is 0 Å². The summed E-state index contributed by atoms with van der Waals surface area (Å²) in [5.41, 5.74) is 2.52. The molecule has 146 valence electrons. The molecule has 0 fully saturated rings. The number of carbonyl (C=O) groups is 1. The lowest BCUT2D eigenvalue weighted by atomic mass is 9.90. The van der Waals surface area contributed by atoms with E-state index in [0.29, 0.717) is 24.7 Å². The van der Waals surface area contributed by atoms with Crippen molar-refractivity contribution in [1.82, 2.24) is 5.32 Å². The fourth-order valence-corrected chi connectivity index (χ4v) is 3.47. The van der Waals surface area contributed by atoms with Crippen LogP contribution in [-0.4, -0.2) is 24.2 Å². The number of carbonyl (C=O) groups excluding carboxylic acids is 1. The van der Waals surface area contributed by atoms with Crippen LogP contribution in [-0.2, 0) is 4.79 Å². The van der Waals surface area contributed by atoms with Gasteiger partial charge in [0.05, 0.1) is 5.92 Å². The van der Waals surface area contributed by atoms with E-state index in [0.717, 1.165) is 16.8 Å². The Hall–Kier alpha value is -3.38. The monoisotopic (exact) mass is 404 g/mol. The van der Waals surface area contributed by atoms with Crippen LogP contribution in [0.4, 0.5) is 5.69 Å². The molecule has 29 heavy (non-hydrogen) atoms. The first-order valence-electron chi connectivity index (χ1n) is 9.32. The summed E-state index contributed by atoms with van der Waals surface area (Å²) in [6.07, 6.45) is 0. The van der Waals surface area contributed by atoms with E-state index in [9.17, 15) is 4.79 Å². The first-order chi connectivity index (χ1) is 14.2. The van der Waals surface area contributed by atoms with Crippen LogP contribution in [0.1, 0.15) is 17.0 Å². The van der Waals surface area contributed by atoms with Gasteiger partial charge in [-0.15, -0.1) is 0 Å². The number of hydrogen-bond donors (Lipinski definition) is 2. The standard InChI is InChI=1S/C23H20N2O3S/c26-22(21(16-7-3-1-4-8-16)17-9-5-2-6-10-17)25-23(29)24-18-11-12-19-20(15-18)28-14-13-27-19/h1-12,15,21H,13-14H2,(H2,24,25,26,29). The number of hydrogen-bond acceptors (Lipinski definition) is 4. The smallest absolute Gasteiger partial charge is 0.238 e. The Kier molecular flexibility index (Phi) is 5.72. The van der Waals surface area contributed by atoms with Crippen LogP contribution in [0.2, 0.25) is 0 Å². The normalized spacial score (nSPS) is 12.3. The minimum atomic E-state index is -0.461. The molecule has 0 unspecified atom stereocenters. The zero-order valence-corrected chi connectivity index (χ0v) is 16.4. The Labute approximate surface area is 174 Å². The molecule has 4 rings (SSSR count). The molecule has 0 atom stereocenters. The van der Waals surface area contributed by atoms with Crippen LogP contribution >= 0.6 is 12.2 Å². The number of ether oxygens (including phenoxy) is 2. The Morgan fingerprint density at radius 1 is 0.828 bits per heavy atom. The molecular weight excluding hydrogens is 384 g/mol. The molecule has 0 aliphatic carbocycles. The molecule has 0 saturated heterocycles. The maximum Gasteiger partial charge on any atom is 0.238 e. The molecule has 1 aliphatic heterocycles. The summed E-state index contributed by atoms with van der Waals surface area (Å²) < 4.78 is 11.1. The molecule has 1 aliphatic rings. The highest BCUT2D eigenvalue weighted by Crippen LogP contribution is 2.32. The highest BCUT2D eigenvalue weighted by molar-refractivity contribution is 7.80. The Balaban J connectivity index is 1.49. The summed E-state index contributed by atoms with van der Waals surface area (Å²) in [6.45, 7) is 1.04. The van der Waals surface area contributed by atoms with Crippen LogP contribution in [0.3, 0.4) is 0 Å². The van der Waals surface area contributed by atoms with Crippen LogP contribution < -0.4 is 20.1 Å². The van der Waals surface area contributed by atoms with Crippen molar-refractivity contribution in [3.63, 3.8) is 0 Å². The van der Waals surface area contributed by atoms with Crippen molar-refractivity contribution in [2.24, 2.45) is 0 Å². The summed E-state index contributed by atoms with van der Waals surface area (Å²) in [5.74, 6) is 0.696. The molecule has 1 amide bonds. The van der Waals surface area contributed by atoms with Gasteiger partial charge in [-0.3, -0.25) is 4.79 Å². The van der Waals surface area contributed by atoms with Gasteiger partial charge in [0.2, 0.25) is 5.91 Å². The Bertz CT molecular complexity index is 970. The average molecular weight is 404 g/mol. The second kappa shape index (κ2) is 8.75. The van der Waals surface area contributed by atoms with Gasteiger partial charge in [0.25, 0.3) is 0 Å². The van der Waals surface area contributed by atoms with E-state index in [2.05, 4.69) is 10.6 Å². The Morgan fingerprint density at radius 3 is 2.03 bits per heavy atom. The number of anilines is 1. The third-order valence-corrected chi connectivity index (χ3v) is 4.77. The molecule has 2 N–H and O–H groups in total. The van der Waals surface area contributed by atoms with Crippen LogP contribution in [0.25, 0.3) is 0 Å². The van der Waals surface area contributed by atoms with Crippen molar-refractivity contribution in [3.8, 4) is 11.5 Å². The zero-order chi connectivity index (χ0) is 20.1. The Morgan fingerprint density at radius 2 is 1.41 bits per heavy atom. The van der Waals surface area contributed by atoms with E-state index in [1.54, 1.807) is 6.07 Å². The van der Waals surface area contributed by atoms with Gasteiger partial charge in [-0.25, -0.2) is 0 Å². The average Bonchev–Trinajstić information content (AvgIpc) is 2.75. The summed E-state index contributed by atoms with van der Waals surface area (Å²) in [4.78, 5) is 13.1. The summed E-state index contributed by atoms with van der Waals surface area (Å²) in [6, 6.07) is 24.7. The van der Waals surface area contributed by atoms with Gasteiger partial charge < -0.3 is 20.1 Å². The van der Waals surface area contributed by atoms with E-state index in [1.807, 2.05) is 72.8 Å². The third kappa shape index (κ3) is 4.55. The van der Waals surface area contributed by atoms with Crippen LogP contribution in [0.5, 0.6) is 11.5 Å². The van der Waals surface area contributed by atoms with Gasteiger partial charge in [0.15, 0.2) is 16.6 Å². The first-order valence-corrected chi connectivity index (χ1v) is 9.73. The maximum atomic E-state index is 13.1. The van der Waals surface area contributed by atoms with Crippen LogP contribution in [0, 0.1) is 0 Å². The first kappa shape index (κ1) is 19.0. The van der Waals surface area contributed by atoms with Gasteiger partial charge in [0.1, 0.15) is 13.2 Å². The molecule has 0 saturated carbocycles. The second-order valence-electron chi connectivity index (χ2n) is 6.56. The number of nitrogens with one attached hydrogen (secondary N) is 2. The van der Waals surface area contributed by atoms with Crippen molar-refractivity contribution in [1.29, 1.82) is 0 Å². The van der Waals surface area contributed by atoms with E-state index in [1.165, 1.54) is 0 Å². The summed E-state index contributed by atoms with van der Waals surface area (Å²) >= 11 is 5.37. The highest BCUT2D eigenvalue weighted by atomic mass is 32.1. The molecule has 6 heteroatoms. The van der Waals surface area contributed by atoms with Gasteiger partial charge in [-0.1, -0.05) is 60.7 Å².